The third-order valence-corrected chi connectivity index (χ3v) is 4.34. The summed E-state index contributed by atoms with van der Waals surface area (Å²) in [7, 11) is 0. The maximum Gasteiger partial charge on any atom is 0.0951 e. The van der Waals surface area contributed by atoms with E-state index in [-0.39, 0.29) is 0 Å². The largest absolute Gasteiger partial charge is 0.329 e. The fourth-order valence-electron chi connectivity index (χ4n) is 3.01. The van der Waals surface area contributed by atoms with Gasteiger partial charge in [0.2, 0.25) is 0 Å². The monoisotopic (exact) mass is 262 g/mol. The number of nitrogens with one attached hydrogen (secondary N) is 1. The van der Waals surface area contributed by atoms with Crippen LogP contribution in [0.4, 0.5) is 0 Å². The van der Waals surface area contributed by atoms with Gasteiger partial charge in [-0.2, -0.15) is 0 Å². The second-order valence-electron chi connectivity index (χ2n) is 6.16. The summed E-state index contributed by atoms with van der Waals surface area (Å²) in [5, 5.41) is 3.58. The number of hydrogen-bond acceptors (Lipinski definition) is 3. The molecular weight excluding hydrogens is 236 g/mol. The van der Waals surface area contributed by atoms with E-state index in [1.54, 1.807) is 0 Å². The van der Waals surface area contributed by atoms with Gasteiger partial charge in [0.15, 0.2) is 0 Å². The third-order valence-electron chi connectivity index (χ3n) is 4.34. The number of piperidine rings is 1. The van der Waals surface area contributed by atoms with Crippen LogP contribution in [0.25, 0.3) is 0 Å². The van der Waals surface area contributed by atoms with Crippen LogP contribution in [0.5, 0.6) is 0 Å². The van der Waals surface area contributed by atoms with Gasteiger partial charge in [-0.15, -0.1) is 0 Å². The van der Waals surface area contributed by atoms with E-state index < -0.39 is 0 Å². The first-order valence-electron chi connectivity index (χ1n) is 7.79. The van der Waals surface area contributed by atoms with E-state index >= 15 is 0 Å². The van der Waals surface area contributed by atoms with Gasteiger partial charge in [-0.05, 0) is 45.7 Å². The molecule has 1 aliphatic heterocycles. The molecule has 0 radical (unpaired) electrons. The molecule has 2 aliphatic rings. The molecule has 0 bridgehead atoms. The highest BCUT2D eigenvalue weighted by Gasteiger charge is 2.21. The summed E-state index contributed by atoms with van der Waals surface area (Å²) in [6.07, 6.45) is 10.8. The zero-order chi connectivity index (χ0) is 13.1. The van der Waals surface area contributed by atoms with Crippen molar-refractivity contribution in [1.29, 1.82) is 0 Å². The summed E-state index contributed by atoms with van der Waals surface area (Å²) in [6.45, 7) is 6.99. The van der Waals surface area contributed by atoms with Crippen molar-refractivity contribution in [2.45, 2.75) is 57.7 Å². The Morgan fingerprint density at radius 1 is 1.32 bits per heavy atom. The average Bonchev–Trinajstić information content (AvgIpc) is 3.14. The van der Waals surface area contributed by atoms with Gasteiger partial charge < -0.3 is 14.8 Å². The van der Waals surface area contributed by atoms with E-state index in [4.69, 9.17) is 0 Å². The molecule has 1 saturated heterocycles. The van der Waals surface area contributed by atoms with Crippen molar-refractivity contribution in [2.24, 2.45) is 0 Å². The lowest BCUT2D eigenvalue weighted by molar-refractivity contribution is 0.200. The smallest absolute Gasteiger partial charge is 0.0951 e. The molecule has 0 spiro atoms. The number of imidazole rings is 1. The first-order chi connectivity index (χ1) is 9.33. The van der Waals surface area contributed by atoms with E-state index in [1.165, 1.54) is 50.9 Å². The van der Waals surface area contributed by atoms with Gasteiger partial charge in [0.1, 0.15) is 0 Å². The van der Waals surface area contributed by atoms with Crippen molar-refractivity contribution < 1.29 is 0 Å². The number of nitrogens with zero attached hydrogens (tertiary/aromatic N) is 3. The summed E-state index contributed by atoms with van der Waals surface area (Å²) < 4.78 is 2.35. The van der Waals surface area contributed by atoms with E-state index in [2.05, 4.69) is 26.7 Å². The summed E-state index contributed by atoms with van der Waals surface area (Å²) in [5.74, 6) is 0. The molecule has 106 valence electrons. The second kappa shape index (κ2) is 6.06. The Bertz CT molecular complexity index is 391. The fraction of sp³-hybridized carbons (Fsp3) is 0.800. The predicted molar refractivity (Wildman–Crippen MR) is 77.1 cm³/mol. The molecule has 1 aromatic heterocycles. The van der Waals surface area contributed by atoms with E-state index in [0.717, 1.165) is 19.1 Å². The minimum atomic E-state index is 0.525. The summed E-state index contributed by atoms with van der Waals surface area (Å²) in [4.78, 5) is 6.94. The van der Waals surface area contributed by atoms with Crippen molar-refractivity contribution in [2.75, 3.05) is 19.6 Å². The fourth-order valence-corrected chi connectivity index (χ4v) is 3.01. The highest BCUT2D eigenvalue weighted by Crippen LogP contribution is 2.20. The van der Waals surface area contributed by atoms with Gasteiger partial charge in [0, 0.05) is 31.4 Å². The van der Waals surface area contributed by atoms with Crippen molar-refractivity contribution in [3.8, 4) is 0 Å². The quantitative estimate of drug-likeness (QED) is 0.853. The maximum absolute atomic E-state index is 4.34. The Hall–Kier alpha value is -0.870. The molecule has 2 heterocycles. The van der Waals surface area contributed by atoms with Crippen LogP contribution in [0.3, 0.4) is 0 Å². The van der Waals surface area contributed by atoms with Crippen LogP contribution in [0.2, 0.25) is 0 Å². The molecule has 1 N–H and O–H groups in total. The molecule has 3 rings (SSSR count). The first-order valence-corrected chi connectivity index (χ1v) is 7.79. The van der Waals surface area contributed by atoms with Crippen molar-refractivity contribution in [3.63, 3.8) is 0 Å². The Balaban J connectivity index is 1.55. The molecule has 1 atom stereocenters. The number of rotatable bonds is 6. The number of likely N-dealkylation sites (tertiary alicyclic amines) is 1. The summed E-state index contributed by atoms with van der Waals surface area (Å²) >= 11 is 0. The second-order valence-corrected chi connectivity index (χ2v) is 6.16. The van der Waals surface area contributed by atoms with Crippen LogP contribution in [0.1, 0.15) is 50.8 Å². The van der Waals surface area contributed by atoms with Gasteiger partial charge in [-0.1, -0.05) is 6.42 Å². The zero-order valence-corrected chi connectivity index (χ0v) is 12.0. The molecule has 1 aliphatic carbocycles. The van der Waals surface area contributed by atoms with Crippen LogP contribution in [0, 0.1) is 0 Å². The van der Waals surface area contributed by atoms with E-state index in [1.807, 2.05) is 12.5 Å². The van der Waals surface area contributed by atoms with E-state index in [0.29, 0.717) is 6.04 Å². The van der Waals surface area contributed by atoms with Gasteiger partial charge in [-0.25, -0.2) is 4.98 Å². The number of hydrogen-bond donors (Lipinski definition) is 1. The maximum atomic E-state index is 4.34. The topological polar surface area (TPSA) is 33.1 Å². The molecule has 0 aromatic carbocycles. The van der Waals surface area contributed by atoms with Gasteiger partial charge >= 0.3 is 0 Å². The van der Waals surface area contributed by atoms with Crippen LogP contribution in [0.15, 0.2) is 12.5 Å². The Labute approximate surface area is 116 Å². The van der Waals surface area contributed by atoms with Gasteiger partial charge in [0.25, 0.3) is 0 Å². The standard InChI is InChI=1S/C15H26N4/c1-13(11-18-7-3-2-4-8-18)19-12-16-9-15(19)10-17-14-5-6-14/h9,12-14,17H,2-8,10-11H2,1H3. The van der Waals surface area contributed by atoms with Crippen LogP contribution in [-0.4, -0.2) is 40.1 Å². The summed E-state index contributed by atoms with van der Waals surface area (Å²) in [5.41, 5.74) is 1.33. The lowest BCUT2D eigenvalue weighted by Gasteiger charge is -2.30. The molecule has 1 unspecified atom stereocenters. The SMILES string of the molecule is CC(CN1CCCCC1)n1cncc1CNC1CC1. The normalized spacial score (nSPS) is 22.6. The molecule has 0 amide bonds. The zero-order valence-electron chi connectivity index (χ0n) is 12.0. The molecule has 4 heteroatoms. The molecule has 1 aromatic rings. The minimum absolute atomic E-state index is 0.525. The van der Waals surface area contributed by atoms with Crippen LogP contribution >= 0.6 is 0 Å². The highest BCUT2D eigenvalue weighted by molar-refractivity contribution is 5.01. The predicted octanol–water partition coefficient (Wildman–Crippen LogP) is 2.18. The van der Waals surface area contributed by atoms with Crippen LogP contribution in [-0.2, 0) is 6.54 Å². The van der Waals surface area contributed by atoms with Crippen molar-refractivity contribution in [3.05, 3.63) is 18.2 Å². The van der Waals surface area contributed by atoms with Crippen molar-refractivity contribution in [1.82, 2.24) is 19.8 Å². The molecule has 1 saturated carbocycles. The lowest BCUT2D eigenvalue weighted by atomic mass is 10.1. The van der Waals surface area contributed by atoms with Crippen LogP contribution < -0.4 is 5.32 Å². The Morgan fingerprint density at radius 3 is 2.84 bits per heavy atom. The number of aromatic nitrogens is 2. The molecular formula is C15H26N4. The Kier molecular flexibility index (Phi) is 4.18. The van der Waals surface area contributed by atoms with Gasteiger partial charge in [0.05, 0.1) is 12.0 Å². The average molecular weight is 262 g/mol. The van der Waals surface area contributed by atoms with Gasteiger partial charge in [-0.3, -0.25) is 0 Å². The highest BCUT2D eigenvalue weighted by atomic mass is 15.2. The molecule has 2 fully saturated rings. The first kappa shape index (κ1) is 13.1. The third kappa shape index (κ3) is 3.57. The van der Waals surface area contributed by atoms with Crippen molar-refractivity contribution >= 4 is 0 Å². The Morgan fingerprint density at radius 2 is 2.11 bits per heavy atom. The lowest BCUT2D eigenvalue weighted by Crippen LogP contribution is -2.34. The summed E-state index contributed by atoms with van der Waals surface area (Å²) in [6, 6.07) is 1.29. The molecule has 4 nitrogen and oxygen atoms in total. The molecule has 19 heavy (non-hydrogen) atoms. The van der Waals surface area contributed by atoms with E-state index in [9.17, 15) is 0 Å². The minimum Gasteiger partial charge on any atom is -0.329 e.